The van der Waals surface area contributed by atoms with Gasteiger partial charge in [0.2, 0.25) is 0 Å². The lowest BCUT2D eigenvalue weighted by atomic mass is 9.96. The zero-order chi connectivity index (χ0) is 14.5. The maximum Gasteiger partial charge on any atom is 0.318 e. The lowest BCUT2D eigenvalue weighted by molar-refractivity contribution is 0.170. The van der Waals surface area contributed by atoms with E-state index in [-0.39, 0.29) is 12.1 Å². The molecule has 1 aromatic rings. The van der Waals surface area contributed by atoms with Crippen LogP contribution in [0.25, 0.3) is 0 Å². The zero-order valence-electron chi connectivity index (χ0n) is 12.7. The van der Waals surface area contributed by atoms with Gasteiger partial charge in [-0.15, -0.1) is 11.3 Å². The summed E-state index contributed by atoms with van der Waals surface area (Å²) in [5.41, 5.74) is 0. The third kappa shape index (κ3) is 3.79. The van der Waals surface area contributed by atoms with Crippen molar-refractivity contribution in [3.63, 3.8) is 0 Å². The van der Waals surface area contributed by atoms with Gasteiger partial charge < -0.3 is 10.2 Å². The van der Waals surface area contributed by atoms with Crippen LogP contribution < -0.4 is 5.32 Å². The molecular formula is C17H26N2OS. The van der Waals surface area contributed by atoms with E-state index in [1.165, 1.54) is 37.0 Å². The van der Waals surface area contributed by atoms with Crippen molar-refractivity contribution in [1.29, 1.82) is 0 Å². The Hall–Kier alpha value is -1.03. The molecule has 1 saturated carbocycles. The second-order valence-electron chi connectivity index (χ2n) is 6.36. The molecule has 1 aromatic heterocycles. The van der Waals surface area contributed by atoms with Crippen molar-refractivity contribution >= 4 is 17.4 Å². The van der Waals surface area contributed by atoms with Crippen LogP contribution in [0.3, 0.4) is 0 Å². The Balaban J connectivity index is 1.68. The molecule has 4 heteroatoms. The molecule has 2 aliphatic rings. The maximum atomic E-state index is 12.7. The first-order valence-corrected chi connectivity index (χ1v) is 9.33. The van der Waals surface area contributed by atoms with Crippen LogP contribution in [0.5, 0.6) is 0 Å². The van der Waals surface area contributed by atoms with Crippen molar-refractivity contribution in [1.82, 2.24) is 10.2 Å². The average Bonchev–Trinajstić information content (AvgIpc) is 2.92. The normalized spacial score (nSPS) is 24.6. The van der Waals surface area contributed by atoms with Gasteiger partial charge in [-0.25, -0.2) is 4.79 Å². The van der Waals surface area contributed by atoms with Crippen molar-refractivity contribution in [3.8, 4) is 0 Å². The van der Waals surface area contributed by atoms with E-state index in [2.05, 4.69) is 27.7 Å². The van der Waals surface area contributed by atoms with Gasteiger partial charge in [-0.05, 0) is 37.1 Å². The first-order valence-electron chi connectivity index (χ1n) is 8.45. The Bertz CT molecular complexity index is 440. The number of hydrogen-bond donors (Lipinski definition) is 1. The SMILES string of the molecule is O=C(NC1CCCCC1)N1CCCCC[C@@H]1c1cccs1. The molecule has 1 aliphatic heterocycles. The smallest absolute Gasteiger partial charge is 0.318 e. The van der Waals surface area contributed by atoms with E-state index < -0.39 is 0 Å². The number of thiophene rings is 1. The highest BCUT2D eigenvalue weighted by Crippen LogP contribution is 2.33. The number of nitrogens with one attached hydrogen (secondary N) is 1. The zero-order valence-corrected chi connectivity index (χ0v) is 13.5. The summed E-state index contributed by atoms with van der Waals surface area (Å²) in [7, 11) is 0. The van der Waals surface area contributed by atoms with Crippen LogP contribution in [-0.2, 0) is 0 Å². The van der Waals surface area contributed by atoms with Crippen LogP contribution in [0.1, 0.15) is 68.7 Å². The van der Waals surface area contributed by atoms with Gasteiger partial charge in [0.05, 0.1) is 6.04 Å². The molecule has 0 radical (unpaired) electrons. The molecule has 1 N–H and O–H groups in total. The lowest BCUT2D eigenvalue weighted by Gasteiger charge is -2.32. The van der Waals surface area contributed by atoms with Crippen LogP contribution in [-0.4, -0.2) is 23.5 Å². The summed E-state index contributed by atoms with van der Waals surface area (Å²) in [6.45, 7) is 0.904. The van der Waals surface area contributed by atoms with Gasteiger partial charge in [0, 0.05) is 17.5 Å². The average molecular weight is 306 g/mol. The molecule has 0 aromatic carbocycles. The minimum atomic E-state index is 0.169. The van der Waals surface area contributed by atoms with E-state index in [1.54, 1.807) is 11.3 Å². The molecule has 3 rings (SSSR count). The van der Waals surface area contributed by atoms with Crippen LogP contribution >= 0.6 is 11.3 Å². The lowest BCUT2D eigenvalue weighted by Crippen LogP contribution is -2.46. The molecule has 0 bridgehead atoms. The summed E-state index contributed by atoms with van der Waals surface area (Å²) in [4.78, 5) is 16.2. The molecule has 21 heavy (non-hydrogen) atoms. The third-order valence-electron chi connectivity index (χ3n) is 4.82. The Morgan fingerprint density at radius 3 is 2.62 bits per heavy atom. The third-order valence-corrected chi connectivity index (χ3v) is 5.79. The molecule has 2 heterocycles. The maximum absolute atomic E-state index is 12.7. The van der Waals surface area contributed by atoms with Crippen LogP contribution in [0, 0.1) is 0 Å². The van der Waals surface area contributed by atoms with Gasteiger partial charge in [0.15, 0.2) is 0 Å². The number of carbonyl (C=O) groups excluding carboxylic acids is 1. The second-order valence-corrected chi connectivity index (χ2v) is 7.34. The minimum absolute atomic E-state index is 0.169. The minimum Gasteiger partial charge on any atom is -0.335 e. The highest BCUT2D eigenvalue weighted by atomic mass is 32.1. The first-order chi connectivity index (χ1) is 10.3. The van der Waals surface area contributed by atoms with E-state index in [0.717, 1.165) is 32.2 Å². The van der Waals surface area contributed by atoms with Gasteiger partial charge >= 0.3 is 6.03 Å². The van der Waals surface area contributed by atoms with Crippen molar-refractivity contribution in [2.75, 3.05) is 6.54 Å². The molecule has 0 unspecified atom stereocenters. The van der Waals surface area contributed by atoms with E-state index in [1.807, 2.05) is 0 Å². The number of urea groups is 1. The Labute approximate surface area is 131 Å². The molecule has 0 spiro atoms. The molecule has 116 valence electrons. The largest absolute Gasteiger partial charge is 0.335 e. The van der Waals surface area contributed by atoms with Crippen LogP contribution in [0.4, 0.5) is 4.79 Å². The summed E-state index contributed by atoms with van der Waals surface area (Å²) >= 11 is 1.78. The van der Waals surface area contributed by atoms with Gasteiger partial charge in [-0.1, -0.05) is 38.2 Å². The number of rotatable bonds is 2. The highest BCUT2D eigenvalue weighted by molar-refractivity contribution is 7.10. The Kier molecular flexibility index (Phi) is 5.17. The molecule has 2 amide bonds. The second kappa shape index (κ2) is 7.30. The van der Waals surface area contributed by atoms with Crippen LogP contribution in [0.2, 0.25) is 0 Å². The molecule has 1 atom stereocenters. The summed E-state index contributed by atoms with van der Waals surface area (Å²) in [6.07, 6.45) is 10.9. The van der Waals surface area contributed by atoms with Gasteiger partial charge in [0.25, 0.3) is 0 Å². The summed E-state index contributed by atoms with van der Waals surface area (Å²) < 4.78 is 0. The highest BCUT2D eigenvalue weighted by Gasteiger charge is 2.28. The van der Waals surface area contributed by atoms with Crippen molar-refractivity contribution < 1.29 is 4.79 Å². The predicted molar refractivity (Wildman–Crippen MR) is 87.6 cm³/mol. The van der Waals surface area contributed by atoms with Crippen LogP contribution in [0.15, 0.2) is 17.5 Å². The van der Waals surface area contributed by atoms with Gasteiger partial charge in [-0.2, -0.15) is 0 Å². The first kappa shape index (κ1) is 14.9. The van der Waals surface area contributed by atoms with E-state index in [4.69, 9.17) is 0 Å². The van der Waals surface area contributed by atoms with Gasteiger partial charge in [0.1, 0.15) is 0 Å². The monoisotopic (exact) mass is 306 g/mol. The molecule has 2 fully saturated rings. The summed E-state index contributed by atoms with van der Waals surface area (Å²) in [5, 5.41) is 5.42. The van der Waals surface area contributed by atoms with E-state index in [0.29, 0.717) is 6.04 Å². The fourth-order valence-corrected chi connectivity index (χ4v) is 4.51. The summed E-state index contributed by atoms with van der Waals surface area (Å²) in [5.74, 6) is 0. The van der Waals surface area contributed by atoms with Crippen molar-refractivity contribution in [2.45, 2.75) is 69.9 Å². The fourth-order valence-electron chi connectivity index (χ4n) is 3.63. The fraction of sp³-hybridized carbons (Fsp3) is 0.706. The van der Waals surface area contributed by atoms with E-state index in [9.17, 15) is 4.79 Å². The quantitative estimate of drug-likeness (QED) is 0.843. The Morgan fingerprint density at radius 1 is 1.10 bits per heavy atom. The van der Waals surface area contributed by atoms with E-state index >= 15 is 0 Å². The van der Waals surface area contributed by atoms with Crippen molar-refractivity contribution in [3.05, 3.63) is 22.4 Å². The number of carbonyl (C=O) groups is 1. The molecule has 3 nitrogen and oxygen atoms in total. The van der Waals surface area contributed by atoms with Gasteiger partial charge in [-0.3, -0.25) is 0 Å². The van der Waals surface area contributed by atoms with Crippen molar-refractivity contribution in [2.24, 2.45) is 0 Å². The number of hydrogen-bond acceptors (Lipinski definition) is 2. The molecular weight excluding hydrogens is 280 g/mol. The summed E-state index contributed by atoms with van der Waals surface area (Å²) in [6, 6.07) is 5.14. The Morgan fingerprint density at radius 2 is 1.86 bits per heavy atom. The predicted octanol–water partition coefficient (Wildman–Crippen LogP) is 4.71. The number of nitrogens with zero attached hydrogens (tertiary/aromatic N) is 1. The topological polar surface area (TPSA) is 32.3 Å². The number of amides is 2. The molecule has 1 aliphatic carbocycles. The standard InChI is InChI=1S/C17H26N2OS/c20-17(18-14-8-3-1-4-9-14)19-12-6-2-5-10-15(19)16-11-7-13-21-16/h7,11,13-15H,1-6,8-10,12H2,(H,18,20)/t15-/m1/s1. The number of likely N-dealkylation sites (tertiary alicyclic amines) is 1. The molecule has 1 saturated heterocycles.